The first-order chi connectivity index (χ1) is 17.3. The Bertz CT molecular complexity index is 1110. The molecule has 36 heavy (non-hydrogen) atoms. The molecule has 0 aliphatic carbocycles. The molecule has 1 unspecified atom stereocenters. The number of carbonyl (C=O) groups is 3. The minimum absolute atomic E-state index is 0.0141. The number of aromatic nitrogens is 2. The maximum absolute atomic E-state index is 12.5. The Morgan fingerprint density at radius 1 is 1.08 bits per heavy atom. The molecule has 1 atom stereocenters. The Balaban J connectivity index is 1.38. The third-order valence-electron chi connectivity index (χ3n) is 6.44. The topological polar surface area (TPSA) is 151 Å². The molecule has 1 aromatic heterocycles. The summed E-state index contributed by atoms with van der Waals surface area (Å²) in [5, 5.41) is 9.59. The Morgan fingerprint density at radius 3 is 2.44 bits per heavy atom. The number of amides is 1. The fourth-order valence-corrected chi connectivity index (χ4v) is 4.30. The standard InChI is InChI=1S/C24H30N6O6/c1-28-9-5-8-17(28)15-36-24-26-19(22(32)33)18(25)20(27-24)29-10-12-30(13-11-29)21(31)23(34)35-14-16-6-3-2-4-7-16/h2-4,6-7,17H,5,8-15,25H2,1H3,(H,32,33). The maximum atomic E-state index is 12.5. The number of nitrogens with two attached hydrogens (primary N) is 1. The molecule has 3 N–H and O–H groups in total. The van der Waals surface area contributed by atoms with Crippen molar-refractivity contribution in [2.45, 2.75) is 25.5 Å². The molecular weight excluding hydrogens is 468 g/mol. The number of likely N-dealkylation sites (tertiary alicyclic amines) is 1. The number of rotatable bonds is 7. The summed E-state index contributed by atoms with van der Waals surface area (Å²) in [6, 6.07) is 9.25. The number of anilines is 2. The molecule has 192 valence electrons. The molecule has 0 bridgehead atoms. The zero-order valence-corrected chi connectivity index (χ0v) is 20.1. The van der Waals surface area contributed by atoms with Crippen molar-refractivity contribution in [3.8, 4) is 6.01 Å². The van der Waals surface area contributed by atoms with Gasteiger partial charge in [0.15, 0.2) is 11.5 Å². The molecule has 2 aromatic rings. The number of nitrogens with zero attached hydrogens (tertiary/aromatic N) is 5. The van der Waals surface area contributed by atoms with E-state index in [4.69, 9.17) is 15.2 Å². The lowest BCUT2D eigenvalue weighted by Gasteiger charge is -2.35. The molecule has 1 aromatic carbocycles. The van der Waals surface area contributed by atoms with Gasteiger partial charge in [-0.15, -0.1) is 0 Å². The van der Waals surface area contributed by atoms with E-state index in [1.165, 1.54) is 4.90 Å². The number of piperazine rings is 1. The lowest BCUT2D eigenvalue weighted by atomic mass is 10.2. The van der Waals surface area contributed by atoms with E-state index >= 15 is 0 Å². The molecule has 0 radical (unpaired) electrons. The highest BCUT2D eigenvalue weighted by atomic mass is 16.5. The Hall–Kier alpha value is -3.93. The number of nitrogen functional groups attached to an aromatic ring is 1. The first-order valence-corrected chi connectivity index (χ1v) is 11.8. The molecule has 3 heterocycles. The normalized spacial score (nSPS) is 18.2. The van der Waals surface area contributed by atoms with E-state index in [-0.39, 0.29) is 48.9 Å². The van der Waals surface area contributed by atoms with Crippen LogP contribution in [0.15, 0.2) is 30.3 Å². The number of hydrogen-bond acceptors (Lipinski definition) is 10. The molecule has 12 heteroatoms. The summed E-state index contributed by atoms with van der Waals surface area (Å²) >= 11 is 0. The number of carboxylic acids is 1. The van der Waals surface area contributed by atoms with Crippen molar-refractivity contribution < 1.29 is 29.0 Å². The zero-order chi connectivity index (χ0) is 25.7. The second-order valence-electron chi connectivity index (χ2n) is 8.83. The highest BCUT2D eigenvalue weighted by Gasteiger charge is 2.30. The van der Waals surface area contributed by atoms with Crippen LogP contribution in [-0.2, 0) is 20.9 Å². The van der Waals surface area contributed by atoms with Crippen LogP contribution >= 0.6 is 0 Å². The molecular formula is C24H30N6O6. The zero-order valence-electron chi connectivity index (χ0n) is 20.1. The Morgan fingerprint density at radius 2 is 1.81 bits per heavy atom. The number of carboxylic acid groups (broad SMARTS) is 1. The summed E-state index contributed by atoms with van der Waals surface area (Å²) < 4.78 is 10.9. The minimum atomic E-state index is -1.28. The molecule has 0 spiro atoms. The average Bonchev–Trinajstić information content (AvgIpc) is 3.31. The number of hydrogen-bond donors (Lipinski definition) is 2. The summed E-state index contributed by atoms with van der Waals surface area (Å²) in [7, 11) is 2.01. The number of esters is 1. The van der Waals surface area contributed by atoms with Gasteiger partial charge in [0, 0.05) is 32.2 Å². The van der Waals surface area contributed by atoms with Gasteiger partial charge >= 0.3 is 23.9 Å². The van der Waals surface area contributed by atoms with Crippen LogP contribution in [0.3, 0.4) is 0 Å². The molecule has 4 rings (SSSR count). The molecule has 2 aliphatic heterocycles. The molecule has 2 aliphatic rings. The van der Waals surface area contributed by atoms with Gasteiger partial charge in [-0.25, -0.2) is 9.59 Å². The van der Waals surface area contributed by atoms with Crippen LogP contribution in [0.4, 0.5) is 11.5 Å². The molecule has 2 saturated heterocycles. The second kappa shape index (κ2) is 11.2. The van der Waals surface area contributed by atoms with E-state index in [9.17, 15) is 19.5 Å². The predicted molar refractivity (Wildman–Crippen MR) is 130 cm³/mol. The fourth-order valence-electron chi connectivity index (χ4n) is 4.30. The van der Waals surface area contributed by atoms with E-state index in [0.29, 0.717) is 19.7 Å². The third kappa shape index (κ3) is 5.82. The van der Waals surface area contributed by atoms with E-state index in [1.807, 2.05) is 25.2 Å². The predicted octanol–water partition coefficient (Wildman–Crippen LogP) is 0.622. The summed E-state index contributed by atoms with van der Waals surface area (Å²) in [5.74, 6) is -2.70. The Kier molecular flexibility index (Phi) is 7.84. The van der Waals surface area contributed by atoms with Crippen molar-refractivity contribution in [1.29, 1.82) is 0 Å². The van der Waals surface area contributed by atoms with Gasteiger partial charge in [0.25, 0.3) is 0 Å². The van der Waals surface area contributed by atoms with E-state index in [2.05, 4.69) is 14.9 Å². The van der Waals surface area contributed by atoms with Gasteiger partial charge in [-0.1, -0.05) is 30.3 Å². The first kappa shape index (κ1) is 25.2. The number of benzene rings is 1. The highest BCUT2D eigenvalue weighted by Crippen LogP contribution is 2.28. The summed E-state index contributed by atoms with van der Waals surface area (Å²) in [6.07, 6.45) is 2.05. The smallest absolute Gasteiger partial charge is 0.397 e. The van der Waals surface area contributed by atoms with Crippen LogP contribution in [0.25, 0.3) is 0 Å². The van der Waals surface area contributed by atoms with Gasteiger partial charge in [-0.05, 0) is 32.0 Å². The van der Waals surface area contributed by atoms with Gasteiger partial charge in [0.05, 0.1) is 0 Å². The van der Waals surface area contributed by atoms with Crippen LogP contribution in [0.5, 0.6) is 6.01 Å². The minimum Gasteiger partial charge on any atom is -0.476 e. The van der Waals surface area contributed by atoms with Gasteiger partial charge in [-0.2, -0.15) is 9.97 Å². The summed E-state index contributed by atoms with van der Waals surface area (Å²) in [6.45, 7) is 2.35. The maximum Gasteiger partial charge on any atom is 0.397 e. The largest absolute Gasteiger partial charge is 0.476 e. The quantitative estimate of drug-likeness (QED) is 0.408. The van der Waals surface area contributed by atoms with Crippen LogP contribution in [-0.4, -0.2) is 95.1 Å². The fraction of sp³-hybridized carbons (Fsp3) is 0.458. The highest BCUT2D eigenvalue weighted by molar-refractivity contribution is 6.32. The van der Waals surface area contributed by atoms with Gasteiger partial charge < -0.3 is 35.0 Å². The van der Waals surface area contributed by atoms with E-state index in [0.717, 1.165) is 24.9 Å². The summed E-state index contributed by atoms with van der Waals surface area (Å²) in [4.78, 5) is 50.2. The molecule has 2 fully saturated rings. The molecule has 0 saturated carbocycles. The van der Waals surface area contributed by atoms with Crippen molar-refractivity contribution in [3.63, 3.8) is 0 Å². The van der Waals surface area contributed by atoms with Gasteiger partial charge in [0.2, 0.25) is 0 Å². The van der Waals surface area contributed by atoms with Crippen molar-refractivity contribution in [2.75, 3.05) is 57.0 Å². The van der Waals surface area contributed by atoms with Crippen LogP contribution in [0.2, 0.25) is 0 Å². The Labute approximate surface area is 208 Å². The first-order valence-electron chi connectivity index (χ1n) is 11.8. The van der Waals surface area contributed by atoms with E-state index in [1.54, 1.807) is 17.0 Å². The van der Waals surface area contributed by atoms with Crippen molar-refractivity contribution in [1.82, 2.24) is 19.8 Å². The number of ether oxygens (including phenoxy) is 2. The van der Waals surface area contributed by atoms with E-state index < -0.39 is 17.8 Å². The molecule has 12 nitrogen and oxygen atoms in total. The number of carbonyl (C=O) groups excluding carboxylic acids is 2. The van der Waals surface area contributed by atoms with Crippen LogP contribution in [0, 0.1) is 0 Å². The van der Waals surface area contributed by atoms with Crippen LogP contribution < -0.4 is 15.4 Å². The molecule has 1 amide bonds. The van der Waals surface area contributed by atoms with Crippen molar-refractivity contribution in [3.05, 3.63) is 41.6 Å². The second-order valence-corrected chi connectivity index (χ2v) is 8.83. The average molecular weight is 499 g/mol. The third-order valence-corrected chi connectivity index (χ3v) is 6.44. The van der Waals surface area contributed by atoms with Crippen molar-refractivity contribution in [2.24, 2.45) is 0 Å². The van der Waals surface area contributed by atoms with Gasteiger partial charge in [0.1, 0.15) is 18.9 Å². The lowest BCUT2D eigenvalue weighted by molar-refractivity contribution is -0.161. The van der Waals surface area contributed by atoms with Crippen LogP contribution in [0.1, 0.15) is 28.9 Å². The number of aromatic carboxylic acids is 1. The summed E-state index contributed by atoms with van der Waals surface area (Å²) in [5.41, 5.74) is 6.47. The van der Waals surface area contributed by atoms with Gasteiger partial charge in [-0.3, -0.25) is 4.79 Å². The monoisotopic (exact) mass is 498 g/mol. The van der Waals surface area contributed by atoms with Crippen molar-refractivity contribution >= 4 is 29.4 Å². The lowest BCUT2D eigenvalue weighted by Crippen LogP contribution is -2.51. The number of likely N-dealkylation sites (N-methyl/N-ethyl adjacent to an activating group) is 1. The SMILES string of the molecule is CN1CCCC1COc1nc(C(=O)O)c(N)c(N2CCN(C(=O)C(=O)OCc3ccccc3)CC2)n1.